The quantitative estimate of drug-likeness (QED) is 0.372. The Hall–Kier alpha value is -3.09. The number of thiazole rings is 2. The van der Waals surface area contributed by atoms with Crippen LogP contribution in [0.15, 0.2) is 80.6 Å². The lowest BCUT2D eigenvalue weighted by molar-refractivity contribution is 0.563. The SMILES string of the molecule is O=c1oc2ccccc2cc1-c1csc(-c2nc(-c3ccccc3)cs2)n1. The summed E-state index contributed by atoms with van der Waals surface area (Å²) >= 11 is 3.02. The van der Waals surface area contributed by atoms with Crippen molar-refractivity contribution < 1.29 is 4.42 Å². The van der Waals surface area contributed by atoms with Gasteiger partial charge in [-0.3, -0.25) is 0 Å². The van der Waals surface area contributed by atoms with Crippen LogP contribution in [0.1, 0.15) is 0 Å². The molecule has 5 aromatic rings. The highest BCUT2D eigenvalue weighted by molar-refractivity contribution is 7.20. The van der Waals surface area contributed by atoms with Crippen molar-refractivity contribution in [1.82, 2.24) is 9.97 Å². The lowest BCUT2D eigenvalue weighted by atomic mass is 10.1. The van der Waals surface area contributed by atoms with E-state index >= 15 is 0 Å². The van der Waals surface area contributed by atoms with Crippen molar-refractivity contribution in [3.05, 3.63) is 81.8 Å². The van der Waals surface area contributed by atoms with Gasteiger partial charge in [0.1, 0.15) is 5.58 Å². The smallest absolute Gasteiger partial charge is 0.345 e. The van der Waals surface area contributed by atoms with Crippen LogP contribution in [0.4, 0.5) is 0 Å². The van der Waals surface area contributed by atoms with Crippen LogP contribution in [-0.2, 0) is 0 Å². The van der Waals surface area contributed by atoms with Crippen LogP contribution in [0.5, 0.6) is 0 Å². The van der Waals surface area contributed by atoms with E-state index in [1.165, 1.54) is 11.3 Å². The summed E-state index contributed by atoms with van der Waals surface area (Å²) in [6.07, 6.45) is 0. The third-order valence-corrected chi connectivity index (χ3v) is 6.01. The molecule has 0 saturated heterocycles. The predicted molar refractivity (Wildman–Crippen MR) is 110 cm³/mol. The fraction of sp³-hybridized carbons (Fsp3) is 0. The Bertz CT molecular complexity index is 1300. The maximum absolute atomic E-state index is 12.4. The standard InChI is InChI=1S/C21H12N2O2S2/c24-21-15(10-14-8-4-5-9-18(14)25-21)17-12-27-20(23-17)19-22-16(11-26-19)13-6-2-1-3-7-13/h1-12H. The largest absolute Gasteiger partial charge is 0.422 e. The number of fused-ring (bicyclic) bond motifs is 1. The Morgan fingerprint density at radius 3 is 2.26 bits per heavy atom. The van der Waals surface area contributed by atoms with Gasteiger partial charge in [0, 0.05) is 21.7 Å². The highest BCUT2D eigenvalue weighted by Gasteiger charge is 2.14. The number of hydrogen-bond donors (Lipinski definition) is 0. The summed E-state index contributed by atoms with van der Waals surface area (Å²) in [5.41, 5.74) is 3.29. The van der Waals surface area contributed by atoms with Gasteiger partial charge >= 0.3 is 5.63 Å². The Morgan fingerprint density at radius 2 is 1.44 bits per heavy atom. The summed E-state index contributed by atoms with van der Waals surface area (Å²) in [5.74, 6) is 0. The van der Waals surface area contributed by atoms with Crippen LogP contribution >= 0.6 is 22.7 Å². The van der Waals surface area contributed by atoms with E-state index in [9.17, 15) is 4.79 Å². The van der Waals surface area contributed by atoms with E-state index in [1.54, 1.807) is 17.4 Å². The zero-order valence-corrected chi connectivity index (χ0v) is 15.6. The van der Waals surface area contributed by atoms with Crippen molar-refractivity contribution in [2.75, 3.05) is 0 Å². The van der Waals surface area contributed by atoms with Crippen LogP contribution in [0.3, 0.4) is 0 Å². The summed E-state index contributed by atoms with van der Waals surface area (Å²) < 4.78 is 5.42. The highest BCUT2D eigenvalue weighted by atomic mass is 32.1. The van der Waals surface area contributed by atoms with Crippen LogP contribution in [0, 0.1) is 0 Å². The molecule has 0 atom stereocenters. The molecule has 4 nitrogen and oxygen atoms in total. The fourth-order valence-electron chi connectivity index (χ4n) is 2.85. The van der Waals surface area contributed by atoms with Crippen molar-refractivity contribution in [2.24, 2.45) is 0 Å². The molecule has 5 rings (SSSR count). The molecule has 6 heteroatoms. The van der Waals surface area contributed by atoms with Crippen LogP contribution in [0.25, 0.3) is 43.5 Å². The van der Waals surface area contributed by atoms with Crippen molar-refractivity contribution >= 4 is 33.6 Å². The van der Waals surface area contributed by atoms with Gasteiger partial charge in [0.2, 0.25) is 0 Å². The first-order valence-electron chi connectivity index (χ1n) is 8.28. The van der Waals surface area contributed by atoms with E-state index in [-0.39, 0.29) is 5.63 Å². The molecule has 0 aliphatic carbocycles. The molecule has 27 heavy (non-hydrogen) atoms. The van der Waals surface area contributed by atoms with Gasteiger partial charge in [0.25, 0.3) is 0 Å². The molecule has 0 bridgehead atoms. The summed E-state index contributed by atoms with van der Waals surface area (Å²) in [4.78, 5) is 21.7. The molecule has 2 aromatic carbocycles. The Labute approximate surface area is 162 Å². The third-order valence-electron chi connectivity index (χ3n) is 4.18. The zero-order valence-electron chi connectivity index (χ0n) is 14.0. The topological polar surface area (TPSA) is 56.0 Å². The van der Waals surface area contributed by atoms with Crippen LogP contribution < -0.4 is 5.63 Å². The van der Waals surface area contributed by atoms with Crippen molar-refractivity contribution in [1.29, 1.82) is 0 Å². The molecule has 0 unspecified atom stereocenters. The second kappa shape index (κ2) is 6.57. The first-order chi connectivity index (χ1) is 13.3. The van der Waals surface area contributed by atoms with Gasteiger partial charge < -0.3 is 4.42 Å². The first-order valence-corrected chi connectivity index (χ1v) is 10.0. The van der Waals surface area contributed by atoms with Gasteiger partial charge in [-0.25, -0.2) is 14.8 Å². The van der Waals surface area contributed by atoms with Gasteiger partial charge in [0.05, 0.1) is 17.0 Å². The molecule has 0 fully saturated rings. The Kier molecular flexibility index (Phi) is 3.92. The number of hydrogen-bond acceptors (Lipinski definition) is 6. The normalized spacial score (nSPS) is 11.1. The Morgan fingerprint density at radius 1 is 0.778 bits per heavy atom. The molecule has 0 N–H and O–H groups in total. The average molecular weight is 388 g/mol. The molecule has 0 amide bonds. The summed E-state index contributed by atoms with van der Waals surface area (Å²) in [5, 5.41) is 6.41. The van der Waals surface area contributed by atoms with Gasteiger partial charge in [0.15, 0.2) is 10.0 Å². The van der Waals surface area contributed by atoms with Crippen LogP contribution in [-0.4, -0.2) is 9.97 Å². The summed E-state index contributed by atoms with van der Waals surface area (Å²) in [6, 6.07) is 19.3. The van der Waals surface area contributed by atoms with Crippen molar-refractivity contribution in [3.8, 4) is 32.5 Å². The lowest BCUT2D eigenvalue weighted by Crippen LogP contribution is -2.02. The summed E-state index contributed by atoms with van der Waals surface area (Å²) in [7, 11) is 0. The monoisotopic (exact) mass is 388 g/mol. The van der Waals surface area contributed by atoms with E-state index in [4.69, 9.17) is 9.40 Å². The molecular formula is C21H12N2O2S2. The van der Waals surface area contributed by atoms with Crippen LogP contribution in [0.2, 0.25) is 0 Å². The van der Waals surface area contributed by atoms with Crippen molar-refractivity contribution in [2.45, 2.75) is 0 Å². The fourth-order valence-corrected chi connectivity index (χ4v) is 4.55. The van der Waals surface area contributed by atoms with E-state index in [1.807, 2.05) is 65.4 Å². The molecule has 0 spiro atoms. The van der Waals surface area contributed by atoms with Gasteiger partial charge in [-0.05, 0) is 12.1 Å². The summed E-state index contributed by atoms with van der Waals surface area (Å²) in [6.45, 7) is 0. The van der Waals surface area contributed by atoms with E-state index in [0.29, 0.717) is 16.8 Å². The van der Waals surface area contributed by atoms with E-state index < -0.39 is 0 Å². The number of nitrogens with zero attached hydrogens (tertiary/aromatic N) is 2. The lowest BCUT2D eigenvalue weighted by Gasteiger charge is -1.99. The number of rotatable bonds is 3. The molecule has 3 heterocycles. The molecule has 130 valence electrons. The zero-order chi connectivity index (χ0) is 18.2. The molecule has 0 radical (unpaired) electrons. The minimum Gasteiger partial charge on any atom is -0.422 e. The molecule has 0 aliphatic heterocycles. The second-order valence-corrected chi connectivity index (χ2v) is 7.64. The number of para-hydroxylation sites is 1. The molecule has 0 aliphatic rings. The van der Waals surface area contributed by atoms with Gasteiger partial charge in [-0.1, -0.05) is 48.5 Å². The van der Waals surface area contributed by atoms with E-state index in [2.05, 4.69) is 4.98 Å². The minimum absolute atomic E-state index is 0.380. The molecular weight excluding hydrogens is 376 g/mol. The minimum atomic E-state index is -0.380. The van der Waals surface area contributed by atoms with Gasteiger partial charge in [-0.2, -0.15) is 0 Å². The number of benzene rings is 2. The Balaban J connectivity index is 1.53. The maximum atomic E-state index is 12.4. The number of aromatic nitrogens is 2. The molecule has 0 saturated carbocycles. The predicted octanol–water partition coefficient (Wildman–Crippen LogP) is 5.71. The van der Waals surface area contributed by atoms with Gasteiger partial charge in [-0.15, -0.1) is 22.7 Å². The first kappa shape index (κ1) is 16.1. The molecule has 3 aromatic heterocycles. The maximum Gasteiger partial charge on any atom is 0.345 e. The third kappa shape index (κ3) is 2.99. The highest BCUT2D eigenvalue weighted by Crippen LogP contribution is 2.33. The van der Waals surface area contributed by atoms with E-state index in [0.717, 1.165) is 26.7 Å². The second-order valence-electron chi connectivity index (χ2n) is 5.93. The average Bonchev–Trinajstić information content (AvgIpc) is 3.38. The van der Waals surface area contributed by atoms with Crippen molar-refractivity contribution in [3.63, 3.8) is 0 Å².